The molecule has 0 amide bonds. The van der Waals surface area contributed by atoms with Gasteiger partial charge in [0.05, 0.1) is 5.02 Å². The lowest BCUT2D eigenvalue weighted by Crippen LogP contribution is -2.34. The van der Waals surface area contributed by atoms with E-state index in [9.17, 15) is 13.9 Å². The first-order valence-electron chi connectivity index (χ1n) is 7.59. The van der Waals surface area contributed by atoms with E-state index in [1.165, 1.54) is 12.1 Å². The van der Waals surface area contributed by atoms with Gasteiger partial charge in [-0.05, 0) is 43.8 Å². The molecule has 0 aromatic heterocycles. The van der Waals surface area contributed by atoms with Crippen LogP contribution in [0.2, 0.25) is 5.02 Å². The maximum absolute atomic E-state index is 13.3. The zero-order valence-electron chi connectivity index (χ0n) is 13.5. The van der Waals surface area contributed by atoms with Crippen molar-refractivity contribution in [1.29, 1.82) is 0 Å². The molecule has 0 saturated heterocycles. The van der Waals surface area contributed by atoms with Crippen LogP contribution in [0.25, 0.3) is 0 Å². The SMILES string of the molecule is CC(c1ccc(F)c(F)c1)N(C)CC(O)COc1ccccc1Cl. The molecule has 6 heteroatoms. The molecule has 0 saturated carbocycles. The van der Waals surface area contributed by atoms with Crippen molar-refractivity contribution in [3.63, 3.8) is 0 Å². The molecule has 24 heavy (non-hydrogen) atoms. The smallest absolute Gasteiger partial charge is 0.159 e. The van der Waals surface area contributed by atoms with Gasteiger partial charge in [0.25, 0.3) is 0 Å². The molecule has 2 rings (SSSR count). The molecule has 0 spiro atoms. The number of aliphatic hydroxyl groups excluding tert-OH is 1. The van der Waals surface area contributed by atoms with Gasteiger partial charge in [0.15, 0.2) is 11.6 Å². The van der Waals surface area contributed by atoms with Gasteiger partial charge >= 0.3 is 0 Å². The highest BCUT2D eigenvalue weighted by molar-refractivity contribution is 6.32. The number of benzene rings is 2. The van der Waals surface area contributed by atoms with E-state index in [1.54, 1.807) is 31.3 Å². The van der Waals surface area contributed by atoms with Gasteiger partial charge in [0.1, 0.15) is 18.5 Å². The molecule has 0 aliphatic heterocycles. The maximum Gasteiger partial charge on any atom is 0.159 e. The van der Waals surface area contributed by atoms with Crippen LogP contribution in [-0.2, 0) is 0 Å². The van der Waals surface area contributed by atoms with Crippen LogP contribution in [0.1, 0.15) is 18.5 Å². The minimum atomic E-state index is -0.879. The Bertz CT molecular complexity index is 684. The summed E-state index contributed by atoms with van der Waals surface area (Å²) in [6.45, 7) is 2.25. The second-order valence-electron chi connectivity index (χ2n) is 5.68. The molecular formula is C18H20ClF2NO2. The molecular weight excluding hydrogens is 336 g/mol. The number of hydrogen-bond acceptors (Lipinski definition) is 3. The fourth-order valence-electron chi connectivity index (χ4n) is 2.32. The van der Waals surface area contributed by atoms with Crippen LogP contribution in [0.5, 0.6) is 5.75 Å². The Hall–Kier alpha value is -1.69. The lowest BCUT2D eigenvalue weighted by atomic mass is 10.1. The van der Waals surface area contributed by atoms with E-state index in [2.05, 4.69) is 0 Å². The third-order valence-electron chi connectivity index (χ3n) is 3.85. The van der Waals surface area contributed by atoms with Gasteiger partial charge in [-0.1, -0.05) is 29.8 Å². The zero-order chi connectivity index (χ0) is 17.7. The number of hydrogen-bond donors (Lipinski definition) is 1. The summed E-state index contributed by atoms with van der Waals surface area (Å²) < 4.78 is 31.8. The number of ether oxygens (including phenoxy) is 1. The Morgan fingerprint density at radius 1 is 1.17 bits per heavy atom. The number of halogens is 3. The van der Waals surface area contributed by atoms with Gasteiger partial charge in [-0.3, -0.25) is 4.90 Å². The lowest BCUT2D eigenvalue weighted by molar-refractivity contribution is 0.0653. The summed E-state index contributed by atoms with van der Waals surface area (Å²) in [5, 5.41) is 10.6. The molecule has 2 unspecified atom stereocenters. The first-order chi connectivity index (χ1) is 11.4. The molecule has 1 N–H and O–H groups in total. The highest BCUT2D eigenvalue weighted by Crippen LogP contribution is 2.24. The molecule has 2 aromatic rings. The van der Waals surface area contributed by atoms with Crippen molar-refractivity contribution in [2.75, 3.05) is 20.2 Å². The summed E-state index contributed by atoms with van der Waals surface area (Å²) in [4.78, 5) is 1.84. The molecule has 0 aliphatic rings. The van der Waals surface area contributed by atoms with Crippen LogP contribution >= 0.6 is 11.6 Å². The second-order valence-corrected chi connectivity index (χ2v) is 6.09. The van der Waals surface area contributed by atoms with E-state index in [0.717, 1.165) is 6.07 Å². The summed E-state index contributed by atoms with van der Waals surface area (Å²) in [6, 6.07) is 10.6. The van der Waals surface area contributed by atoms with E-state index in [-0.39, 0.29) is 12.6 Å². The Balaban J connectivity index is 1.89. The summed E-state index contributed by atoms with van der Waals surface area (Å²) in [7, 11) is 1.80. The summed E-state index contributed by atoms with van der Waals surface area (Å²) in [5.41, 5.74) is 0.635. The highest BCUT2D eigenvalue weighted by Gasteiger charge is 2.17. The number of likely N-dealkylation sites (N-methyl/N-ethyl adjacent to an activating group) is 1. The predicted octanol–water partition coefficient (Wildman–Crippen LogP) is 4.05. The Labute approximate surface area is 145 Å². The topological polar surface area (TPSA) is 32.7 Å². The quantitative estimate of drug-likeness (QED) is 0.813. The minimum Gasteiger partial charge on any atom is -0.489 e. The van der Waals surface area contributed by atoms with Gasteiger partial charge in [0.2, 0.25) is 0 Å². The first-order valence-corrected chi connectivity index (χ1v) is 7.97. The van der Waals surface area contributed by atoms with E-state index in [4.69, 9.17) is 16.3 Å². The highest BCUT2D eigenvalue weighted by atomic mass is 35.5. The lowest BCUT2D eigenvalue weighted by Gasteiger charge is -2.27. The molecule has 130 valence electrons. The largest absolute Gasteiger partial charge is 0.489 e. The molecule has 0 radical (unpaired) electrons. The Morgan fingerprint density at radius 2 is 1.88 bits per heavy atom. The Kier molecular flexibility index (Phi) is 6.54. The predicted molar refractivity (Wildman–Crippen MR) is 90.4 cm³/mol. The standard InChI is InChI=1S/C18H20ClF2NO2/c1-12(13-7-8-16(20)17(21)9-13)22(2)10-14(23)11-24-18-6-4-3-5-15(18)19/h3-9,12,14,23H,10-11H2,1-2H3. The molecule has 0 bridgehead atoms. The number of aliphatic hydroxyl groups is 1. The normalized spacial score (nSPS) is 13.8. The molecule has 0 heterocycles. The number of rotatable bonds is 7. The van der Waals surface area contributed by atoms with Gasteiger partial charge in [0, 0.05) is 12.6 Å². The van der Waals surface area contributed by atoms with Crippen molar-refractivity contribution < 1.29 is 18.6 Å². The van der Waals surface area contributed by atoms with Crippen LogP contribution in [0.15, 0.2) is 42.5 Å². The van der Waals surface area contributed by atoms with Crippen molar-refractivity contribution >= 4 is 11.6 Å². The van der Waals surface area contributed by atoms with Crippen LogP contribution in [0.3, 0.4) is 0 Å². The van der Waals surface area contributed by atoms with E-state index in [1.807, 2.05) is 11.8 Å². The fourth-order valence-corrected chi connectivity index (χ4v) is 2.51. The third kappa shape index (κ3) is 4.90. The fraction of sp³-hybridized carbons (Fsp3) is 0.333. The molecule has 0 aliphatic carbocycles. The van der Waals surface area contributed by atoms with Gasteiger partial charge in [-0.25, -0.2) is 8.78 Å². The van der Waals surface area contributed by atoms with E-state index in [0.29, 0.717) is 22.9 Å². The summed E-state index contributed by atoms with van der Waals surface area (Å²) in [6.07, 6.45) is -0.751. The van der Waals surface area contributed by atoms with E-state index >= 15 is 0 Å². The van der Waals surface area contributed by atoms with Gasteiger partial charge < -0.3 is 9.84 Å². The molecule has 2 atom stereocenters. The first kappa shape index (κ1) is 18.6. The monoisotopic (exact) mass is 355 g/mol. The number of para-hydroxylation sites is 1. The van der Waals surface area contributed by atoms with Crippen molar-refractivity contribution in [3.8, 4) is 5.75 Å². The summed E-state index contributed by atoms with van der Waals surface area (Å²) in [5.74, 6) is -1.24. The maximum atomic E-state index is 13.3. The third-order valence-corrected chi connectivity index (χ3v) is 4.17. The zero-order valence-corrected chi connectivity index (χ0v) is 14.3. The van der Waals surface area contributed by atoms with Crippen molar-refractivity contribution in [1.82, 2.24) is 4.90 Å². The second kappa shape index (κ2) is 8.42. The van der Waals surface area contributed by atoms with Crippen LogP contribution in [0, 0.1) is 11.6 Å². The molecule has 0 fully saturated rings. The van der Waals surface area contributed by atoms with Crippen molar-refractivity contribution in [2.24, 2.45) is 0 Å². The summed E-state index contributed by atoms with van der Waals surface area (Å²) >= 11 is 5.99. The molecule has 3 nitrogen and oxygen atoms in total. The average molecular weight is 356 g/mol. The van der Waals surface area contributed by atoms with Crippen molar-refractivity contribution in [2.45, 2.75) is 19.1 Å². The van der Waals surface area contributed by atoms with Crippen molar-refractivity contribution in [3.05, 3.63) is 64.7 Å². The van der Waals surface area contributed by atoms with E-state index < -0.39 is 17.7 Å². The minimum absolute atomic E-state index is 0.0819. The van der Waals surface area contributed by atoms with Crippen LogP contribution < -0.4 is 4.74 Å². The number of nitrogens with zero attached hydrogens (tertiary/aromatic N) is 1. The van der Waals surface area contributed by atoms with Gasteiger partial charge in [-0.2, -0.15) is 0 Å². The van der Waals surface area contributed by atoms with Crippen LogP contribution in [0.4, 0.5) is 8.78 Å². The Morgan fingerprint density at radius 3 is 2.54 bits per heavy atom. The van der Waals surface area contributed by atoms with Gasteiger partial charge in [-0.15, -0.1) is 0 Å². The van der Waals surface area contributed by atoms with Crippen LogP contribution in [-0.4, -0.2) is 36.3 Å². The molecule has 2 aromatic carbocycles. The average Bonchev–Trinajstić information content (AvgIpc) is 2.56.